The minimum absolute atomic E-state index is 0.0459. The summed E-state index contributed by atoms with van der Waals surface area (Å²) in [4.78, 5) is 11.6. The molecule has 1 unspecified atom stereocenters. The number of alkyl halides is 3. The molecule has 1 saturated heterocycles. The van der Waals surface area contributed by atoms with Crippen molar-refractivity contribution < 1.29 is 22.7 Å². The van der Waals surface area contributed by atoms with E-state index < -0.39 is 11.7 Å². The standard InChI is InChI=1S/C15H19F3N2O2/c16-15(17,18)11-3-5-13(6-4-11)22-9-8-20-14(21)10-12-2-1-7-19-12/h3-6,12,19H,1-2,7-10H2,(H,20,21). The molecule has 1 aromatic carbocycles. The summed E-state index contributed by atoms with van der Waals surface area (Å²) < 4.78 is 42.5. The molecule has 0 radical (unpaired) electrons. The number of carbonyl (C=O) groups excluding carboxylic acids is 1. The van der Waals surface area contributed by atoms with Crippen molar-refractivity contribution in [3.63, 3.8) is 0 Å². The summed E-state index contributed by atoms with van der Waals surface area (Å²) in [5.41, 5.74) is -0.711. The van der Waals surface area contributed by atoms with Gasteiger partial charge in [0, 0.05) is 12.5 Å². The Morgan fingerprint density at radius 1 is 1.32 bits per heavy atom. The molecule has 1 aromatic rings. The first-order valence-corrected chi connectivity index (χ1v) is 7.25. The van der Waals surface area contributed by atoms with E-state index >= 15 is 0 Å². The van der Waals surface area contributed by atoms with E-state index in [0.717, 1.165) is 31.5 Å². The topological polar surface area (TPSA) is 50.4 Å². The van der Waals surface area contributed by atoms with E-state index in [2.05, 4.69) is 10.6 Å². The highest BCUT2D eigenvalue weighted by Gasteiger charge is 2.30. The van der Waals surface area contributed by atoms with Crippen molar-refractivity contribution in [3.8, 4) is 5.75 Å². The molecule has 1 fully saturated rings. The molecular weight excluding hydrogens is 297 g/mol. The summed E-state index contributed by atoms with van der Waals surface area (Å²) in [6, 6.07) is 4.73. The second kappa shape index (κ2) is 7.49. The molecule has 1 atom stereocenters. The lowest BCUT2D eigenvalue weighted by molar-refractivity contribution is -0.137. The second-order valence-electron chi connectivity index (χ2n) is 5.22. The first-order chi connectivity index (χ1) is 10.4. The Bertz CT molecular complexity index is 483. The number of amides is 1. The molecule has 122 valence electrons. The predicted molar refractivity (Wildman–Crippen MR) is 75.6 cm³/mol. The zero-order valence-electron chi connectivity index (χ0n) is 12.1. The van der Waals surface area contributed by atoms with Crippen molar-refractivity contribution in [3.05, 3.63) is 29.8 Å². The maximum absolute atomic E-state index is 12.4. The zero-order valence-corrected chi connectivity index (χ0v) is 12.1. The van der Waals surface area contributed by atoms with Gasteiger partial charge in [-0.25, -0.2) is 0 Å². The molecule has 0 bridgehead atoms. The molecule has 1 amide bonds. The maximum Gasteiger partial charge on any atom is 0.416 e. The molecule has 1 heterocycles. The van der Waals surface area contributed by atoms with Crippen molar-refractivity contribution in [1.82, 2.24) is 10.6 Å². The molecule has 1 aliphatic rings. The van der Waals surface area contributed by atoms with Crippen LogP contribution in [0.1, 0.15) is 24.8 Å². The number of halogens is 3. The smallest absolute Gasteiger partial charge is 0.416 e. The van der Waals surface area contributed by atoms with Crippen LogP contribution < -0.4 is 15.4 Å². The summed E-state index contributed by atoms with van der Waals surface area (Å²) >= 11 is 0. The normalized spacial score (nSPS) is 18.2. The van der Waals surface area contributed by atoms with E-state index in [9.17, 15) is 18.0 Å². The van der Waals surface area contributed by atoms with Crippen LogP contribution in [-0.4, -0.2) is 31.6 Å². The fourth-order valence-corrected chi connectivity index (χ4v) is 2.33. The van der Waals surface area contributed by atoms with Crippen LogP contribution in [0, 0.1) is 0 Å². The van der Waals surface area contributed by atoms with Gasteiger partial charge in [0.2, 0.25) is 5.91 Å². The second-order valence-corrected chi connectivity index (χ2v) is 5.22. The highest BCUT2D eigenvalue weighted by molar-refractivity contribution is 5.76. The Hall–Kier alpha value is -1.76. The molecule has 2 N–H and O–H groups in total. The molecule has 2 rings (SSSR count). The van der Waals surface area contributed by atoms with Crippen molar-refractivity contribution >= 4 is 5.91 Å². The summed E-state index contributed by atoms with van der Waals surface area (Å²) in [5.74, 6) is 0.301. The minimum Gasteiger partial charge on any atom is -0.492 e. The number of hydrogen-bond donors (Lipinski definition) is 2. The average Bonchev–Trinajstić information content (AvgIpc) is 2.96. The molecule has 1 aliphatic heterocycles. The number of nitrogens with one attached hydrogen (secondary N) is 2. The van der Waals surface area contributed by atoms with Crippen LogP contribution in [-0.2, 0) is 11.0 Å². The molecular formula is C15H19F3N2O2. The lowest BCUT2D eigenvalue weighted by Crippen LogP contribution is -2.33. The monoisotopic (exact) mass is 316 g/mol. The summed E-state index contributed by atoms with van der Waals surface area (Å²) in [6.07, 6.45) is -1.80. The van der Waals surface area contributed by atoms with Crippen LogP contribution in [0.4, 0.5) is 13.2 Å². The largest absolute Gasteiger partial charge is 0.492 e. The number of rotatable bonds is 6. The van der Waals surface area contributed by atoms with Gasteiger partial charge in [0.25, 0.3) is 0 Å². The molecule has 4 nitrogen and oxygen atoms in total. The third-order valence-electron chi connectivity index (χ3n) is 3.47. The summed E-state index contributed by atoms with van der Waals surface area (Å²) in [7, 11) is 0. The Morgan fingerprint density at radius 3 is 2.64 bits per heavy atom. The van der Waals surface area contributed by atoms with Crippen LogP contribution >= 0.6 is 0 Å². The third-order valence-corrected chi connectivity index (χ3v) is 3.47. The van der Waals surface area contributed by atoms with Crippen LogP contribution in [0.5, 0.6) is 5.75 Å². The Morgan fingerprint density at radius 2 is 2.05 bits per heavy atom. The highest BCUT2D eigenvalue weighted by Crippen LogP contribution is 2.30. The lowest BCUT2D eigenvalue weighted by Gasteiger charge is -2.11. The van der Waals surface area contributed by atoms with Gasteiger partial charge >= 0.3 is 6.18 Å². The van der Waals surface area contributed by atoms with Gasteiger partial charge in [-0.2, -0.15) is 13.2 Å². The number of carbonyl (C=O) groups is 1. The van der Waals surface area contributed by atoms with Gasteiger partial charge in [-0.15, -0.1) is 0 Å². The van der Waals surface area contributed by atoms with Gasteiger partial charge in [0.15, 0.2) is 0 Å². The van der Waals surface area contributed by atoms with Crippen LogP contribution in [0.2, 0.25) is 0 Å². The number of ether oxygens (including phenoxy) is 1. The third kappa shape index (κ3) is 5.22. The Kier molecular flexibility index (Phi) is 5.65. The maximum atomic E-state index is 12.4. The highest BCUT2D eigenvalue weighted by atomic mass is 19.4. The van der Waals surface area contributed by atoms with Crippen molar-refractivity contribution in [2.75, 3.05) is 19.7 Å². The summed E-state index contributed by atoms with van der Waals surface area (Å²) in [6.45, 7) is 1.50. The lowest BCUT2D eigenvalue weighted by atomic mass is 10.1. The van der Waals surface area contributed by atoms with Crippen LogP contribution in [0.15, 0.2) is 24.3 Å². The van der Waals surface area contributed by atoms with E-state index in [1.165, 1.54) is 12.1 Å². The fraction of sp³-hybridized carbons (Fsp3) is 0.533. The van der Waals surface area contributed by atoms with Gasteiger partial charge in [0.05, 0.1) is 12.1 Å². The van der Waals surface area contributed by atoms with Gasteiger partial charge < -0.3 is 15.4 Å². The fourth-order valence-electron chi connectivity index (χ4n) is 2.33. The molecule has 0 saturated carbocycles. The molecule has 0 aliphatic carbocycles. The molecule has 22 heavy (non-hydrogen) atoms. The van der Waals surface area contributed by atoms with Crippen molar-refractivity contribution in [2.45, 2.75) is 31.5 Å². The number of benzene rings is 1. The SMILES string of the molecule is O=C(CC1CCCN1)NCCOc1ccc(C(F)(F)F)cc1. The van der Waals surface area contributed by atoms with Gasteiger partial charge in [-0.3, -0.25) is 4.79 Å². The van der Waals surface area contributed by atoms with E-state index in [1.54, 1.807) is 0 Å². The quantitative estimate of drug-likeness (QED) is 0.792. The number of hydrogen-bond acceptors (Lipinski definition) is 3. The first-order valence-electron chi connectivity index (χ1n) is 7.25. The molecule has 0 aromatic heterocycles. The van der Waals surface area contributed by atoms with E-state index in [4.69, 9.17) is 4.74 Å². The predicted octanol–water partition coefficient (Wildman–Crippen LogP) is 2.34. The van der Waals surface area contributed by atoms with Crippen molar-refractivity contribution in [2.24, 2.45) is 0 Å². The van der Waals surface area contributed by atoms with Crippen molar-refractivity contribution in [1.29, 1.82) is 0 Å². The minimum atomic E-state index is -4.35. The Labute approximate surface area is 127 Å². The van der Waals surface area contributed by atoms with E-state index in [-0.39, 0.29) is 18.6 Å². The van der Waals surface area contributed by atoms with Gasteiger partial charge in [0.1, 0.15) is 12.4 Å². The zero-order chi connectivity index (χ0) is 16.0. The molecule has 0 spiro atoms. The van der Waals surface area contributed by atoms with Gasteiger partial charge in [-0.1, -0.05) is 0 Å². The summed E-state index contributed by atoms with van der Waals surface area (Å²) in [5, 5.41) is 5.97. The van der Waals surface area contributed by atoms with Crippen LogP contribution in [0.3, 0.4) is 0 Å². The average molecular weight is 316 g/mol. The van der Waals surface area contributed by atoms with E-state index in [0.29, 0.717) is 18.7 Å². The molecule has 7 heteroatoms. The van der Waals surface area contributed by atoms with Gasteiger partial charge in [-0.05, 0) is 43.7 Å². The van der Waals surface area contributed by atoms with E-state index in [1.807, 2.05) is 0 Å². The van der Waals surface area contributed by atoms with Crippen LogP contribution in [0.25, 0.3) is 0 Å². The first kappa shape index (κ1) is 16.6. The Balaban J connectivity index is 1.64.